The summed E-state index contributed by atoms with van der Waals surface area (Å²) < 4.78 is 1.11. The topological polar surface area (TPSA) is 37.6 Å². The molecule has 3 rings (SSSR count). The van der Waals surface area contributed by atoms with E-state index in [-0.39, 0.29) is 5.91 Å². The van der Waals surface area contributed by atoms with Gasteiger partial charge in [0.05, 0.1) is 48.0 Å². The van der Waals surface area contributed by atoms with Crippen LogP contribution in [0.5, 0.6) is 0 Å². The average Bonchev–Trinajstić information content (AvgIpc) is 3.04. The van der Waals surface area contributed by atoms with Gasteiger partial charge in [-0.15, -0.1) is 0 Å². The SMILES string of the molecule is CCc1ccc2nc(N(CC[NH+](C)C)C(=O)c3ccccc3Cl)sc2c1. The van der Waals surface area contributed by atoms with E-state index in [1.54, 1.807) is 28.4 Å². The Hall–Kier alpha value is -1.95. The molecule has 0 fully saturated rings. The van der Waals surface area contributed by atoms with Crippen LogP contribution in [0.1, 0.15) is 22.8 Å². The molecule has 1 aromatic heterocycles. The van der Waals surface area contributed by atoms with Crippen LogP contribution in [-0.4, -0.2) is 38.1 Å². The van der Waals surface area contributed by atoms with Gasteiger partial charge in [-0.05, 0) is 36.2 Å². The lowest BCUT2D eigenvalue weighted by Gasteiger charge is -2.21. The number of nitrogens with zero attached hydrogens (tertiary/aromatic N) is 2. The molecule has 0 atom stereocenters. The average molecular weight is 389 g/mol. The van der Waals surface area contributed by atoms with Crippen LogP contribution in [0.25, 0.3) is 10.2 Å². The monoisotopic (exact) mass is 388 g/mol. The molecule has 2 aromatic carbocycles. The molecular formula is C20H23ClN3OS+. The number of aryl methyl sites for hydroxylation is 1. The highest BCUT2D eigenvalue weighted by atomic mass is 35.5. The van der Waals surface area contributed by atoms with E-state index in [0.717, 1.165) is 28.3 Å². The second-order valence-electron chi connectivity index (χ2n) is 6.55. The smallest absolute Gasteiger partial charge is 0.261 e. The molecule has 0 aliphatic rings. The van der Waals surface area contributed by atoms with Crippen molar-refractivity contribution in [2.45, 2.75) is 13.3 Å². The van der Waals surface area contributed by atoms with Crippen molar-refractivity contribution in [2.75, 3.05) is 32.1 Å². The summed E-state index contributed by atoms with van der Waals surface area (Å²) in [6, 6.07) is 13.5. The van der Waals surface area contributed by atoms with Crippen molar-refractivity contribution >= 4 is 44.2 Å². The highest BCUT2D eigenvalue weighted by molar-refractivity contribution is 7.22. The molecule has 0 bridgehead atoms. The third-order valence-corrected chi connectivity index (χ3v) is 5.64. The summed E-state index contributed by atoms with van der Waals surface area (Å²) in [6.45, 7) is 3.55. The predicted octanol–water partition coefficient (Wildman–Crippen LogP) is 3.30. The Kier molecular flexibility index (Phi) is 5.91. The summed E-state index contributed by atoms with van der Waals surface area (Å²) in [5.41, 5.74) is 2.71. The first-order valence-corrected chi connectivity index (χ1v) is 9.94. The minimum absolute atomic E-state index is 0.105. The third-order valence-electron chi connectivity index (χ3n) is 4.27. The largest absolute Gasteiger partial charge is 0.338 e. The van der Waals surface area contributed by atoms with E-state index in [0.29, 0.717) is 17.1 Å². The molecule has 3 aromatic rings. The number of carbonyl (C=O) groups excluding carboxylic acids is 1. The van der Waals surface area contributed by atoms with Gasteiger partial charge in [-0.25, -0.2) is 4.98 Å². The Balaban J connectivity index is 2.00. The van der Waals surface area contributed by atoms with Gasteiger partial charge in [0.25, 0.3) is 5.91 Å². The van der Waals surface area contributed by atoms with Crippen molar-refractivity contribution in [2.24, 2.45) is 0 Å². The molecule has 0 spiro atoms. The van der Waals surface area contributed by atoms with Gasteiger partial charge in [0.1, 0.15) is 0 Å². The number of hydrogen-bond acceptors (Lipinski definition) is 3. The highest BCUT2D eigenvalue weighted by Gasteiger charge is 2.23. The van der Waals surface area contributed by atoms with Crippen molar-refractivity contribution in [1.29, 1.82) is 0 Å². The molecule has 0 aliphatic heterocycles. The number of carbonyl (C=O) groups is 1. The molecule has 1 N–H and O–H groups in total. The lowest BCUT2D eigenvalue weighted by molar-refractivity contribution is -0.856. The Labute approximate surface area is 163 Å². The lowest BCUT2D eigenvalue weighted by atomic mass is 10.2. The number of hydrogen-bond donors (Lipinski definition) is 1. The van der Waals surface area contributed by atoms with E-state index in [1.807, 2.05) is 18.2 Å². The van der Waals surface area contributed by atoms with E-state index < -0.39 is 0 Å². The summed E-state index contributed by atoms with van der Waals surface area (Å²) in [5.74, 6) is -0.105. The third kappa shape index (κ3) is 4.06. The van der Waals surface area contributed by atoms with Crippen molar-refractivity contribution < 1.29 is 9.69 Å². The maximum absolute atomic E-state index is 13.2. The van der Waals surface area contributed by atoms with E-state index in [2.05, 4.69) is 33.2 Å². The van der Waals surface area contributed by atoms with E-state index in [4.69, 9.17) is 16.6 Å². The van der Waals surface area contributed by atoms with Gasteiger partial charge in [0, 0.05) is 0 Å². The Bertz CT molecular complexity index is 922. The molecule has 136 valence electrons. The van der Waals surface area contributed by atoms with Crippen LogP contribution in [0.15, 0.2) is 42.5 Å². The number of nitrogens with one attached hydrogen (secondary N) is 1. The number of thiazole rings is 1. The van der Waals surface area contributed by atoms with Crippen molar-refractivity contribution in [3.05, 3.63) is 58.6 Å². The highest BCUT2D eigenvalue weighted by Crippen LogP contribution is 2.31. The molecule has 0 saturated heterocycles. The number of fused-ring (bicyclic) bond motifs is 1. The van der Waals surface area contributed by atoms with Gasteiger partial charge in [-0.1, -0.05) is 48.1 Å². The minimum Gasteiger partial charge on any atom is -0.338 e. The van der Waals surface area contributed by atoms with Gasteiger partial charge < -0.3 is 4.90 Å². The fourth-order valence-electron chi connectivity index (χ4n) is 2.69. The van der Waals surface area contributed by atoms with Crippen LogP contribution in [0, 0.1) is 0 Å². The Morgan fingerprint density at radius 3 is 2.69 bits per heavy atom. The number of anilines is 1. The van der Waals surface area contributed by atoms with Crippen LogP contribution in [0.4, 0.5) is 5.13 Å². The maximum atomic E-state index is 13.2. The van der Waals surface area contributed by atoms with E-state index in [1.165, 1.54) is 10.5 Å². The zero-order valence-electron chi connectivity index (χ0n) is 15.3. The van der Waals surface area contributed by atoms with Gasteiger partial charge in [0.15, 0.2) is 5.13 Å². The second kappa shape index (κ2) is 8.16. The van der Waals surface area contributed by atoms with Crippen LogP contribution < -0.4 is 9.80 Å². The van der Waals surface area contributed by atoms with Gasteiger partial charge >= 0.3 is 0 Å². The lowest BCUT2D eigenvalue weighted by Crippen LogP contribution is -3.06. The molecule has 1 heterocycles. The molecule has 0 aliphatic carbocycles. The number of halogens is 1. The molecule has 0 saturated carbocycles. The molecule has 26 heavy (non-hydrogen) atoms. The number of rotatable bonds is 6. The Morgan fingerprint density at radius 1 is 1.23 bits per heavy atom. The van der Waals surface area contributed by atoms with Crippen LogP contribution in [-0.2, 0) is 6.42 Å². The van der Waals surface area contributed by atoms with Crippen molar-refractivity contribution in [1.82, 2.24) is 4.98 Å². The number of amides is 1. The first-order valence-electron chi connectivity index (χ1n) is 8.74. The van der Waals surface area contributed by atoms with Crippen molar-refractivity contribution in [3.63, 3.8) is 0 Å². The predicted molar refractivity (Wildman–Crippen MR) is 110 cm³/mol. The first kappa shape index (κ1) is 18.8. The standard InChI is InChI=1S/C20H22ClN3OS/c1-4-14-9-10-17-18(13-14)26-20(22-17)24(12-11-23(2)3)19(25)15-7-5-6-8-16(15)21/h5-10,13H,4,11-12H2,1-3H3/p+1. The summed E-state index contributed by atoms with van der Waals surface area (Å²) in [5, 5.41) is 1.19. The van der Waals surface area contributed by atoms with E-state index >= 15 is 0 Å². The molecular weight excluding hydrogens is 366 g/mol. The molecule has 0 unspecified atom stereocenters. The summed E-state index contributed by atoms with van der Waals surface area (Å²) in [4.78, 5) is 20.9. The first-order chi connectivity index (χ1) is 12.5. The molecule has 1 amide bonds. The zero-order chi connectivity index (χ0) is 18.7. The second-order valence-corrected chi connectivity index (χ2v) is 7.96. The van der Waals surface area contributed by atoms with Crippen molar-refractivity contribution in [3.8, 4) is 0 Å². The Morgan fingerprint density at radius 2 is 2.00 bits per heavy atom. The van der Waals surface area contributed by atoms with Crippen LogP contribution >= 0.6 is 22.9 Å². The number of quaternary nitrogens is 1. The summed E-state index contributed by atoms with van der Waals surface area (Å²) >= 11 is 7.82. The molecule has 6 heteroatoms. The van der Waals surface area contributed by atoms with Gasteiger partial charge in [-0.3, -0.25) is 9.69 Å². The van der Waals surface area contributed by atoms with E-state index in [9.17, 15) is 4.79 Å². The fourth-order valence-corrected chi connectivity index (χ4v) is 3.96. The molecule has 4 nitrogen and oxygen atoms in total. The maximum Gasteiger partial charge on any atom is 0.261 e. The van der Waals surface area contributed by atoms with Crippen LogP contribution in [0.2, 0.25) is 5.02 Å². The summed E-state index contributed by atoms with van der Waals surface area (Å²) in [7, 11) is 4.15. The number of benzene rings is 2. The quantitative estimate of drug-likeness (QED) is 0.703. The van der Waals surface area contributed by atoms with Crippen LogP contribution in [0.3, 0.4) is 0 Å². The number of aromatic nitrogens is 1. The number of likely N-dealkylation sites (N-methyl/N-ethyl adjacent to an activating group) is 1. The normalized spacial score (nSPS) is 11.3. The van der Waals surface area contributed by atoms with Gasteiger partial charge in [0.2, 0.25) is 0 Å². The minimum atomic E-state index is -0.105. The summed E-state index contributed by atoms with van der Waals surface area (Å²) in [6.07, 6.45) is 0.982. The fraction of sp³-hybridized carbons (Fsp3) is 0.300. The molecule has 0 radical (unpaired) electrons. The zero-order valence-corrected chi connectivity index (χ0v) is 16.8. The van der Waals surface area contributed by atoms with Gasteiger partial charge in [-0.2, -0.15) is 0 Å².